The molecular formula is C21H31ClFN3O2. The standard InChI is InChI=1S/C21H30FN3O2.ClH/c1-16(18-4-2-9-23-15-18)14-20(26)24-10-3-11-25(13-12-24)21(27)17-5-7-19(22)8-6-17;/h5-8,16,18,23H,2-4,9-15H2,1H3;1H. The molecule has 7 heteroatoms. The van der Waals surface area contributed by atoms with Crippen LogP contribution in [-0.2, 0) is 4.79 Å². The third-order valence-electron chi connectivity index (χ3n) is 5.86. The number of amides is 2. The summed E-state index contributed by atoms with van der Waals surface area (Å²) in [5.41, 5.74) is 0.495. The minimum absolute atomic E-state index is 0. The second kappa shape index (κ2) is 10.8. The maximum atomic E-state index is 13.1. The van der Waals surface area contributed by atoms with Gasteiger partial charge in [-0.05, 0) is 68.5 Å². The van der Waals surface area contributed by atoms with E-state index >= 15 is 0 Å². The molecule has 0 radical (unpaired) electrons. The lowest BCUT2D eigenvalue weighted by molar-refractivity contribution is -0.132. The third-order valence-corrected chi connectivity index (χ3v) is 5.86. The van der Waals surface area contributed by atoms with E-state index in [2.05, 4.69) is 12.2 Å². The molecule has 2 aliphatic heterocycles. The van der Waals surface area contributed by atoms with Crippen molar-refractivity contribution >= 4 is 24.2 Å². The Morgan fingerprint density at radius 1 is 1.11 bits per heavy atom. The largest absolute Gasteiger partial charge is 0.341 e. The number of hydrogen-bond acceptors (Lipinski definition) is 3. The van der Waals surface area contributed by atoms with Gasteiger partial charge in [0, 0.05) is 38.2 Å². The minimum Gasteiger partial charge on any atom is -0.341 e. The monoisotopic (exact) mass is 411 g/mol. The number of nitrogens with zero attached hydrogens (tertiary/aromatic N) is 2. The first-order valence-corrected chi connectivity index (χ1v) is 10.1. The number of benzene rings is 1. The molecule has 0 saturated carbocycles. The summed E-state index contributed by atoms with van der Waals surface area (Å²) < 4.78 is 13.1. The summed E-state index contributed by atoms with van der Waals surface area (Å²) >= 11 is 0. The molecule has 1 aromatic rings. The van der Waals surface area contributed by atoms with Crippen molar-refractivity contribution in [2.45, 2.75) is 32.6 Å². The van der Waals surface area contributed by atoms with Gasteiger partial charge in [0.05, 0.1) is 0 Å². The molecule has 0 aromatic heterocycles. The SMILES string of the molecule is CC(CC(=O)N1CCCN(C(=O)c2ccc(F)cc2)CC1)C1CCCNC1.Cl. The van der Waals surface area contributed by atoms with Crippen LogP contribution < -0.4 is 5.32 Å². The Balaban J connectivity index is 0.00000280. The highest BCUT2D eigenvalue weighted by molar-refractivity contribution is 5.94. The van der Waals surface area contributed by atoms with Gasteiger partial charge >= 0.3 is 0 Å². The first-order chi connectivity index (χ1) is 13.0. The molecule has 2 amide bonds. The molecule has 28 heavy (non-hydrogen) atoms. The van der Waals surface area contributed by atoms with Crippen molar-refractivity contribution in [1.29, 1.82) is 0 Å². The maximum absolute atomic E-state index is 13.1. The molecule has 0 aliphatic carbocycles. The van der Waals surface area contributed by atoms with Crippen molar-refractivity contribution in [3.05, 3.63) is 35.6 Å². The smallest absolute Gasteiger partial charge is 0.253 e. The van der Waals surface area contributed by atoms with Gasteiger partial charge in [0.15, 0.2) is 0 Å². The number of rotatable bonds is 4. The van der Waals surface area contributed by atoms with E-state index in [-0.39, 0.29) is 30.0 Å². The lowest BCUT2D eigenvalue weighted by Crippen LogP contribution is -2.39. The number of halogens is 2. The van der Waals surface area contributed by atoms with Gasteiger partial charge < -0.3 is 15.1 Å². The number of carbonyl (C=O) groups is 2. The van der Waals surface area contributed by atoms with Gasteiger partial charge in [0.1, 0.15) is 5.82 Å². The van der Waals surface area contributed by atoms with Crippen LogP contribution in [0, 0.1) is 17.7 Å². The zero-order valence-corrected chi connectivity index (χ0v) is 17.3. The van der Waals surface area contributed by atoms with Crippen molar-refractivity contribution in [3.63, 3.8) is 0 Å². The van der Waals surface area contributed by atoms with Crippen LogP contribution in [0.3, 0.4) is 0 Å². The fourth-order valence-corrected chi connectivity index (χ4v) is 4.08. The molecule has 2 fully saturated rings. The second-order valence-electron chi connectivity index (χ2n) is 7.82. The lowest BCUT2D eigenvalue weighted by atomic mass is 9.85. The molecule has 2 atom stereocenters. The van der Waals surface area contributed by atoms with E-state index in [1.54, 1.807) is 4.90 Å². The molecule has 2 saturated heterocycles. The van der Waals surface area contributed by atoms with Gasteiger partial charge in [-0.1, -0.05) is 6.92 Å². The molecule has 2 unspecified atom stereocenters. The average Bonchev–Trinajstić information content (AvgIpc) is 2.95. The van der Waals surface area contributed by atoms with Gasteiger partial charge in [0.25, 0.3) is 5.91 Å². The highest BCUT2D eigenvalue weighted by atomic mass is 35.5. The zero-order valence-electron chi connectivity index (χ0n) is 16.5. The maximum Gasteiger partial charge on any atom is 0.253 e. The summed E-state index contributed by atoms with van der Waals surface area (Å²) in [7, 11) is 0. The van der Waals surface area contributed by atoms with Crippen LogP contribution in [0.15, 0.2) is 24.3 Å². The van der Waals surface area contributed by atoms with E-state index in [0.717, 1.165) is 19.5 Å². The second-order valence-corrected chi connectivity index (χ2v) is 7.82. The van der Waals surface area contributed by atoms with E-state index in [1.807, 2.05) is 4.90 Å². The number of nitrogens with one attached hydrogen (secondary N) is 1. The van der Waals surface area contributed by atoms with Crippen molar-refractivity contribution in [2.24, 2.45) is 11.8 Å². The third kappa shape index (κ3) is 5.92. The van der Waals surface area contributed by atoms with Crippen LogP contribution in [-0.4, -0.2) is 60.9 Å². The fraction of sp³-hybridized carbons (Fsp3) is 0.619. The van der Waals surface area contributed by atoms with Crippen molar-refractivity contribution in [3.8, 4) is 0 Å². The van der Waals surface area contributed by atoms with Gasteiger partial charge in [-0.15, -0.1) is 12.4 Å². The Morgan fingerprint density at radius 2 is 1.79 bits per heavy atom. The number of piperidine rings is 1. The molecule has 2 heterocycles. The number of carbonyl (C=O) groups excluding carboxylic acids is 2. The summed E-state index contributed by atoms with van der Waals surface area (Å²) in [6.07, 6.45) is 3.74. The predicted octanol–water partition coefficient (Wildman–Crippen LogP) is 2.95. The highest BCUT2D eigenvalue weighted by Crippen LogP contribution is 2.23. The summed E-state index contributed by atoms with van der Waals surface area (Å²) in [5, 5.41) is 3.42. The number of hydrogen-bond donors (Lipinski definition) is 1. The summed E-state index contributed by atoms with van der Waals surface area (Å²) in [4.78, 5) is 29.0. The predicted molar refractivity (Wildman–Crippen MR) is 110 cm³/mol. The van der Waals surface area contributed by atoms with E-state index in [9.17, 15) is 14.0 Å². The Hall–Kier alpha value is -1.66. The fourth-order valence-electron chi connectivity index (χ4n) is 4.08. The average molecular weight is 412 g/mol. The Kier molecular flexibility index (Phi) is 8.70. The minimum atomic E-state index is -0.346. The molecule has 0 bridgehead atoms. The quantitative estimate of drug-likeness (QED) is 0.828. The molecular weight excluding hydrogens is 381 g/mol. The van der Waals surface area contributed by atoms with Gasteiger partial charge in [-0.25, -0.2) is 4.39 Å². The molecule has 3 rings (SSSR count). The van der Waals surface area contributed by atoms with Gasteiger partial charge in [-0.2, -0.15) is 0 Å². The lowest BCUT2D eigenvalue weighted by Gasteiger charge is -2.30. The summed E-state index contributed by atoms with van der Waals surface area (Å²) in [5.74, 6) is 0.716. The normalized spacial score (nSPS) is 21.4. The Morgan fingerprint density at radius 3 is 2.46 bits per heavy atom. The Bertz CT molecular complexity index is 650. The molecule has 2 aliphatic rings. The van der Waals surface area contributed by atoms with Crippen LogP contribution in [0.4, 0.5) is 4.39 Å². The first kappa shape index (κ1) is 22.6. The summed E-state index contributed by atoms with van der Waals surface area (Å²) in [6, 6.07) is 5.65. The van der Waals surface area contributed by atoms with E-state index in [4.69, 9.17) is 0 Å². The van der Waals surface area contributed by atoms with Crippen molar-refractivity contribution < 1.29 is 14.0 Å². The van der Waals surface area contributed by atoms with Crippen LogP contribution in [0.5, 0.6) is 0 Å². The van der Waals surface area contributed by atoms with Gasteiger partial charge in [0.2, 0.25) is 5.91 Å². The van der Waals surface area contributed by atoms with E-state index < -0.39 is 0 Å². The molecule has 0 spiro atoms. The van der Waals surface area contributed by atoms with Crippen molar-refractivity contribution in [2.75, 3.05) is 39.3 Å². The van der Waals surface area contributed by atoms with Crippen molar-refractivity contribution in [1.82, 2.24) is 15.1 Å². The van der Waals surface area contributed by atoms with Crippen LogP contribution in [0.2, 0.25) is 0 Å². The Labute approximate surface area is 173 Å². The van der Waals surface area contributed by atoms with Crippen LogP contribution >= 0.6 is 12.4 Å². The highest BCUT2D eigenvalue weighted by Gasteiger charge is 2.26. The van der Waals surface area contributed by atoms with Gasteiger partial charge in [-0.3, -0.25) is 9.59 Å². The molecule has 156 valence electrons. The zero-order chi connectivity index (χ0) is 19.2. The van der Waals surface area contributed by atoms with E-state index in [1.165, 1.54) is 37.1 Å². The van der Waals surface area contributed by atoms with Crippen LogP contribution in [0.1, 0.15) is 43.0 Å². The topological polar surface area (TPSA) is 52.7 Å². The molecule has 1 aromatic carbocycles. The van der Waals surface area contributed by atoms with E-state index in [0.29, 0.717) is 50.0 Å². The first-order valence-electron chi connectivity index (χ1n) is 10.1. The van der Waals surface area contributed by atoms with Crippen LogP contribution in [0.25, 0.3) is 0 Å². The summed E-state index contributed by atoms with van der Waals surface area (Å²) in [6.45, 7) is 6.69. The molecule has 5 nitrogen and oxygen atoms in total. The molecule has 1 N–H and O–H groups in total.